The maximum absolute atomic E-state index is 10.3. The molecule has 1 aromatic heterocycles. The summed E-state index contributed by atoms with van der Waals surface area (Å²) >= 11 is 1.05. The standard InChI is InChI=1S/C7H10N2O3S.ClH/c8-5(3-4-10)6-1-2-7(13-6)9(11)12;/h1-2,5,10H,3-4,8H2;1H. The number of aliphatic hydroxyl groups excluding tert-OH is 1. The largest absolute Gasteiger partial charge is 0.396 e. The summed E-state index contributed by atoms with van der Waals surface area (Å²) in [4.78, 5) is 10.6. The van der Waals surface area contributed by atoms with Gasteiger partial charge in [0.15, 0.2) is 0 Å². The summed E-state index contributed by atoms with van der Waals surface area (Å²) in [5.41, 5.74) is 5.65. The molecule has 5 nitrogen and oxygen atoms in total. The van der Waals surface area contributed by atoms with Crippen molar-refractivity contribution >= 4 is 28.7 Å². The van der Waals surface area contributed by atoms with Crippen LogP contribution in [0.15, 0.2) is 12.1 Å². The van der Waals surface area contributed by atoms with E-state index >= 15 is 0 Å². The molecule has 0 radical (unpaired) electrons. The van der Waals surface area contributed by atoms with E-state index in [9.17, 15) is 10.1 Å². The second kappa shape index (κ2) is 5.92. The Kier molecular flexibility index (Phi) is 5.63. The Morgan fingerprint density at radius 1 is 1.64 bits per heavy atom. The number of aliphatic hydroxyl groups is 1. The van der Waals surface area contributed by atoms with Gasteiger partial charge in [0.05, 0.1) is 4.92 Å². The van der Waals surface area contributed by atoms with E-state index in [0.717, 1.165) is 16.2 Å². The van der Waals surface area contributed by atoms with Crippen molar-refractivity contribution in [3.8, 4) is 0 Å². The number of hydrogen-bond donors (Lipinski definition) is 2. The lowest BCUT2D eigenvalue weighted by Crippen LogP contribution is -2.09. The summed E-state index contributed by atoms with van der Waals surface area (Å²) in [7, 11) is 0. The van der Waals surface area contributed by atoms with Gasteiger partial charge in [-0.05, 0) is 12.5 Å². The zero-order valence-electron chi connectivity index (χ0n) is 7.25. The molecule has 0 aliphatic carbocycles. The number of rotatable bonds is 4. The Hall–Kier alpha value is -0.690. The Bertz CT molecular complexity index is 305. The number of halogens is 1. The van der Waals surface area contributed by atoms with Gasteiger partial charge in [-0.15, -0.1) is 12.4 Å². The zero-order valence-corrected chi connectivity index (χ0v) is 8.88. The van der Waals surface area contributed by atoms with E-state index in [1.54, 1.807) is 6.07 Å². The zero-order chi connectivity index (χ0) is 9.84. The molecule has 1 rings (SSSR count). The molecular weight excluding hydrogens is 228 g/mol. The maximum Gasteiger partial charge on any atom is 0.324 e. The molecule has 0 saturated carbocycles. The summed E-state index contributed by atoms with van der Waals surface area (Å²) in [6, 6.07) is 2.75. The molecule has 0 aliphatic rings. The van der Waals surface area contributed by atoms with Crippen LogP contribution in [0.25, 0.3) is 0 Å². The first kappa shape index (κ1) is 13.3. The number of thiophene rings is 1. The predicted octanol–water partition coefficient (Wildman–Crippen LogP) is 1.46. The second-order valence-corrected chi connectivity index (χ2v) is 3.65. The molecule has 7 heteroatoms. The van der Waals surface area contributed by atoms with Crippen LogP contribution in [0.4, 0.5) is 5.00 Å². The van der Waals surface area contributed by atoms with E-state index in [-0.39, 0.29) is 30.1 Å². The molecule has 1 atom stereocenters. The van der Waals surface area contributed by atoms with Crippen LogP contribution in [0.5, 0.6) is 0 Å². The van der Waals surface area contributed by atoms with Crippen LogP contribution in [0, 0.1) is 10.1 Å². The van der Waals surface area contributed by atoms with Crippen molar-refractivity contribution in [2.75, 3.05) is 6.61 Å². The minimum atomic E-state index is -0.445. The van der Waals surface area contributed by atoms with Crippen molar-refractivity contribution in [2.24, 2.45) is 5.73 Å². The smallest absolute Gasteiger partial charge is 0.324 e. The Morgan fingerprint density at radius 3 is 2.71 bits per heavy atom. The van der Waals surface area contributed by atoms with Gasteiger partial charge < -0.3 is 10.8 Å². The highest BCUT2D eigenvalue weighted by molar-refractivity contribution is 7.15. The quantitative estimate of drug-likeness (QED) is 0.614. The predicted molar refractivity (Wildman–Crippen MR) is 56.9 cm³/mol. The van der Waals surface area contributed by atoms with Gasteiger partial charge in [0.2, 0.25) is 0 Å². The average molecular weight is 239 g/mol. The highest BCUT2D eigenvalue weighted by Crippen LogP contribution is 2.28. The molecule has 3 N–H and O–H groups in total. The first-order chi connectivity index (χ1) is 6.15. The topological polar surface area (TPSA) is 89.4 Å². The fourth-order valence-corrected chi connectivity index (χ4v) is 1.78. The molecule has 14 heavy (non-hydrogen) atoms. The maximum atomic E-state index is 10.3. The van der Waals surface area contributed by atoms with E-state index in [1.807, 2.05) is 0 Å². The Labute approximate surface area is 91.1 Å². The van der Waals surface area contributed by atoms with Crippen LogP contribution in [-0.4, -0.2) is 16.6 Å². The van der Waals surface area contributed by atoms with E-state index in [4.69, 9.17) is 10.8 Å². The first-order valence-electron chi connectivity index (χ1n) is 3.75. The third-order valence-electron chi connectivity index (χ3n) is 1.60. The van der Waals surface area contributed by atoms with Gasteiger partial charge in [0.1, 0.15) is 0 Å². The third-order valence-corrected chi connectivity index (χ3v) is 2.77. The van der Waals surface area contributed by atoms with Crippen molar-refractivity contribution in [3.05, 3.63) is 27.1 Å². The van der Waals surface area contributed by atoms with E-state index in [2.05, 4.69) is 0 Å². The molecule has 0 spiro atoms. The normalized spacial score (nSPS) is 11.9. The SMILES string of the molecule is Cl.NC(CCO)c1ccc([N+](=O)[O-])s1. The van der Waals surface area contributed by atoms with E-state index < -0.39 is 4.92 Å². The lowest BCUT2D eigenvalue weighted by atomic mass is 10.2. The lowest BCUT2D eigenvalue weighted by molar-refractivity contribution is -0.380. The van der Waals surface area contributed by atoms with Gasteiger partial charge in [-0.1, -0.05) is 11.3 Å². The highest BCUT2D eigenvalue weighted by atomic mass is 35.5. The number of hydrogen-bond acceptors (Lipinski definition) is 5. The number of nitro groups is 1. The van der Waals surface area contributed by atoms with Gasteiger partial charge >= 0.3 is 5.00 Å². The molecule has 0 aromatic carbocycles. The van der Waals surface area contributed by atoms with Gasteiger partial charge in [-0.25, -0.2) is 0 Å². The summed E-state index contributed by atoms with van der Waals surface area (Å²) < 4.78 is 0. The molecule has 0 bridgehead atoms. The lowest BCUT2D eigenvalue weighted by Gasteiger charge is -2.04. The van der Waals surface area contributed by atoms with Crippen molar-refractivity contribution in [1.82, 2.24) is 0 Å². The number of nitrogens with zero attached hydrogens (tertiary/aromatic N) is 1. The molecular formula is C7H11ClN2O3S. The van der Waals surface area contributed by atoms with Crippen LogP contribution >= 0.6 is 23.7 Å². The van der Waals surface area contributed by atoms with Gasteiger partial charge in [-0.3, -0.25) is 10.1 Å². The third kappa shape index (κ3) is 3.22. The van der Waals surface area contributed by atoms with Crippen molar-refractivity contribution in [3.63, 3.8) is 0 Å². The monoisotopic (exact) mass is 238 g/mol. The van der Waals surface area contributed by atoms with E-state index in [0.29, 0.717) is 6.42 Å². The fraction of sp³-hybridized carbons (Fsp3) is 0.429. The fourth-order valence-electron chi connectivity index (χ4n) is 0.921. The van der Waals surface area contributed by atoms with Crippen molar-refractivity contribution in [1.29, 1.82) is 0 Å². The average Bonchev–Trinajstić information content (AvgIpc) is 2.52. The summed E-state index contributed by atoms with van der Waals surface area (Å²) in [6.07, 6.45) is 0.428. The Morgan fingerprint density at radius 2 is 2.29 bits per heavy atom. The molecule has 80 valence electrons. The van der Waals surface area contributed by atoms with Crippen molar-refractivity contribution < 1.29 is 10.0 Å². The highest BCUT2D eigenvalue weighted by Gasteiger charge is 2.13. The minimum Gasteiger partial charge on any atom is -0.396 e. The molecule has 1 unspecified atom stereocenters. The van der Waals surface area contributed by atoms with Gasteiger partial charge in [-0.2, -0.15) is 0 Å². The van der Waals surface area contributed by atoms with Crippen molar-refractivity contribution in [2.45, 2.75) is 12.5 Å². The summed E-state index contributed by atoms with van der Waals surface area (Å²) in [6.45, 7) is -0.00708. The van der Waals surface area contributed by atoms with Gasteiger partial charge in [0.25, 0.3) is 0 Å². The van der Waals surface area contributed by atoms with Crippen LogP contribution in [-0.2, 0) is 0 Å². The summed E-state index contributed by atoms with van der Waals surface area (Å²) in [5.74, 6) is 0. The summed E-state index contributed by atoms with van der Waals surface area (Å²) in [5, 5.41) is 19.0. The van der Waals surface area contributed by atoms with Gasteiger partial charge in [0, 0.05) is 23.6 Å². The molecule has 0 amide bonds. The van der Waals surface area contributed by atoms with E-state index in [1.165, 1.54) is 6.07 Å². The molecule has 1 heterocycles. The number of nitrogens with two attached hydrogens (primary N) is 1. The van der Waals surface area contributed by atoms with Crippen LogP contribution < -0.4 is 5.73 Å². The first-order valence-corrected chi connectivity index (χ1v) is 4.57. The molecule has 1 aromatic rings. The van der Waals surface area contributed by atoms with Crippen LogP contribution in [0.3, 0.4) is 0 Å². The Balaban J connectivity index is 0.00000169. The van der Waals surface area contributed by atoms with Crippen LogP contribution in [0.2, 0.25) is 0 Å². The minimum absolute atomic E-state index is 0. The molecule has 0 aliphatic heterocycles. The molecule has 0 saturated heterocycles. The molecule has 0 fully saturated rings. The second-order valence-electron chi connectivity index (χ2n) is 2.55. The van der Waals surface area contributed by atoms with Crippen LogP contribution in [0.1, 0.15) is 17.3 Å².